The molecule has 0 heterocycles. The van der Waals surface area contributed by atoms with E-state index in [1.165, 1.54) is 24.7 Å². The van der Waals surface area contributed by atoms with Gasteiger partial charge in [0.05, 0.1) is 6.10 Å². The molecule has 0 spiro atoms. The van der Waals surface area contributed by atoms with Gasteiger partial charge < -0.3 is 31.5 Å². The number of hydrogen-bond acceptors (Lipinski definition) is 6. The van der Waals surface area contributed by atoms with E-state index in [0.717, 1.165) is 30.9 Å². The molecule has 0 saturated heterocycles. The van der Waals surface area contributed by atoms with Gasteiger partial charge in [0.25, 0.3) is 0 Å². The van der Waals surface area contributed by atoms with Crippen molar-refractivity contribution in [2.45, 2.75) is 89.6 Å². The molecule has 2 rings (SSSR count). The maximum atomic E-state index is 13.8. The molecule has 6 N–H and O–H groups in total. The van der Waals surface area contributed by atoms with Crippen molar-refractivity contribution in [3.05, 3.63) is 70.8 Å². The largest absolute Gasteiger partial charge is 0.458 e. The zero-order valence-corrected chi connectivity index (χ0v) is 23.7. The van der Waals surface area contributed by atoms with Crippen molar-refractivity contribution in [2.24, 2.45) is 5.73 Å². The van der Waals surface area contributed by atoms with E-state index in [-0.39, 0.29) is 19.4 Å². The molecule has 0 aliphatic heterocycles. The van der Waals surface area contributed by atoms with E-state index >= 15 is 0 Å². The molecule has 4 atom stereocenters. The van der Waals surface area contributed by atoms with Gasteiger partial charge in [-0.1, -0.05) is 51.0 Å². The average molecular weight is 563 g/mol. The quantitative estimate of drug-likeness (QED) is 0.187. The Hall–Kier alpha value is -3.08. The third kappa shape index (κ3) is 12.0. The summed E-state index contributed by atoms with van der Waals surface area (Å²) in [6, 6.07) is 8.87. The second kappa shape index (κ2) is 17.6. The van der Waals surface area contributed by atoms with Gasteiger partial charge >= 0.3 is 12.0 Å². The molecule has 0 aliphatic rings. The summed E-state index contributed by atoms with van der Waals surface area (Å²) in [7, 11) is 1.43. The third-order valence-corrected chi connectivity index (χ3v) is 6.71. The Bertz CT molecular complexity index is 1050. The van der Waals surface area contributed by atoms with Gasteiger partial charge in [0.1, 0.15) is 23.8 Å². The number of halogens is 2. The summed E-state index contributed by atoms with van der Waals surface area (Å²) in [5.41, 5.74) is 9.00. The lowest BCUT2D eigenvalue weighted by molar-refractivity contribution is -0.152. The number of carbonyl (C=O) groups excluding carboxylic acids is 2. The van der Waals surface area contributed by atoms with Gasteiger partial charge in [-0.25, -0.2) is 18.4 Å². The van der Waals surface area contributed by atoms with Crippen molar-refractivity contribution in [2.75, 3.05) is 13.6 Å². The van der Waals surface area contributed by atoms with Crippen molar-refractivity contribution >= 4 is 12.0 Å². The van der Waals surface area contributed by atoms with Gasteiger partial charge in [0.2, 0.25) is 0 Å². The molecular weight excluding hydrogens is 518 g/mol. The van der Waals surface area contributed by atoms with Crippen LogP contribution in [-0.2, 0) is 28.9 Å². The number of aliphatic hydroxyl groups is 1. The highest BCUT2D eigenvalue weighted by molar-refractivity contribution is 5.83. The minimum Gasteiger partial charge on any atom is -0.458 e. The SMILES string of the molecule is CCCCC(O)CC[C@@H](NC(=O)NC)C(=O)O[C@H](CNCc1cccc(CC)c1)[C@@H](N)Cc1cc(F)cc(F)c1. The summed E-state index contributed by atoms with van der Waals surface area (Å²) in [6.07, 6.45) is 2.33. The Morgan fingerprint density at radius 1 is 1.00 bits per heavy atom. The lowest BCUT2D eigenvalue weighted by Crippen LogP contribution is -2.51. The number of carbonyl (C=O) groups is 2. The fourth-order valence-electron chi connectivity index (χ4n) is 4.38. The number of aliphatic hydroxyl groups excluding tert-OH is 1. The van der Waals surface area contributed by atoms with Gasteiger partial charge in [-0.15, -0.1) is 0 Å². The summed E-state index contributed by atoms with van der Waals surface area (Å²) in [4.78, 5) is 25.3. The molecule has 1 unspecified atom stereocenters. The Labute approximate surface area is 236 Å². The van der Waals surface area contributed by atoms with Crippen molar-refractivity contribution in [3.63, 3.8) is 0 Å². The fourth-order valence-corrected chi connectivity index (χ4v) is 4.38. The van der Waals surface area contributed by atoms with Crippen LogP contribution < -0.4 is 21.7 Å². The van der Waals surface area contributed by atoms with Crippen LogP contribution in [0.15, 0.2) is 42.5 Å². The number of rotatable bonds is 17. The van der Waals surface area contributed by atoms with Gasteiger partial charge in [-0.3, -0.25) is 0 Å². The van der Waals surface area contributed by atoms with Crippen LogP contribution in [0, 0.1) is 11.6 Å². The van der Waals surface area contributed by atoms with Gasteiger partial charge in [0.15, 0.2) is 0 Å². The molecule has 40 heavy (non-hydrogen) atoms. The fraction of sp³-hybridized carbons (Fsp3) is 0.533. The predicted molar refractivity (Wildman–Crippen MR) is 152 cm³/mol. The molecule has 0 aromatic heterocycles. The van der Waals surface area contributed by atoms with E-state index in [1.54, 1.807) is 0 Å². The molecular formula is C30H44F2N4O4. The first-order valence-electron chi connectivity index (χ1n) is 14.0. The van der Waals surface area contributed by atoms with Crippen LogP contribution in [0.4, 0.5) is 13.6 Å². The number of nitrogens with one attached hydrogen (secondary N) is 3. The molecule has 2 aromatic rings. The van der Waals surface area contributed by atoms with Gasteiger partial charge in [-0.05, 0) is 60.9 Å². The van der Waals surface area contributed by atoms with E-state index in [1.807, 2.05) is 25.1 Å². The van der Waals surface area contributed by atoms with E-state index in [4.69, 9.17) is 10.5 Å². The van der Waals surface area contributed by atoms with E-state index in [9.17, 15) is 23.5 Å². The first-order chi connectivity index (χ1) is 19.1. The standard InChI is InChI=1S/C30H44F2N4O4/c1-4-6-10-25(37)11-12-27(36-30(39)34-3)29(38)40-28(19-35-18-21-9-7-8-20(5-2)13-21)26(33)16-22-14-23(31)17-24(32)15-22/h7-9,13-15,17,25-28,35,37H,4-6,10-12,16,18-19,33H2,1-3H3,(H2,34,36,39)/t25?,26-,27+,28+/m0/s1. The Balaban J connectivity index is 2.16. The first kappa shape index (κ1) is 33.1. The minimum atomic E-state index is -1.02. The summed E-state index contributed by atoms with van der Waals surface area (Å²) in [6.45, 7) is 4.76. The average Bonchev–Trinajstić information content (AvgIpc) is 2.92. The second-order valence-corrected chi connectivity index (χ2v) is 10.1. The van der Waals surface area contributed by atoms with Crippen molar-refractivity contribution < 1.29 is 28.2 Å². The number of nitrogens with two attached hydrogens (primary N) is 1. The molecule has 0 bridgehead atoms. The Morgan fingerprint density at radius 3 is 2.35 bits per heavy atom. The number of ether oxygens (including phenoxy) is 1. The first-order valence-corrected chi connectivity index (χ1v) is 14.0. The number of benzene rings is 2. The molecule has 0 fully saturated rings. The smallest absolute Gasteiger partial charge is 0.329 e. The third-order valence-electron chi connectivity index (χ3n) is 6.71. The lowest BCUT2D eigenvalue weighted by Gasteiger charge is -2.27. The molecule has 0 saturated carbocycles. The van der Waals surface area contributed by atoms with Crippen LogP contribution in [0.5, 0.6) is 0 Å². The molecule has 222 valence electrons. The van der Waals surface area contributed by atoms with E-state index < -0.39 is 47.9 Å². The number of hydrogen-bond donors (Lipinski definition) is 5. The number of urea groups is 1. The van der Waals surface area contributed by atoms with E-state index in [0.29, 0.717) is 24.9 Å². The van der Waals surface area contributed by atoms with Crippen LogP contribution >= 0.6 is 0 Å². The van der Waals surface area contributed by atoms with Gasteiger partial charge in [-0.2, -0.15) is 0 Å². The Morgan fingerprint density at radius 2 is 1.70 bits per heavy atom. The summed E-state index contributed by atoms with van der Waals surface area (Å²) in [5.74, 6) is -2.14. The minimum absolute atomic E-state index is 0.0584. The molecule has 10 heteroatoms. The highest BCUT2D eigenvalue weighted by Crippen LogP contribution is 2.15. The van der Waals surface area contributed by atoms with Crippen LogP contribution in [0.1, 0.15) is 62.6 Å². The van der Waals surface area contributed by atoms with E-state index in [2.05, 4.69) is 28.9 Å². The van der Waals surface area contributed by atoms with Crippen LogP contribution in [0.2, 0.25) is 0 Å². The van der Waals surface area contributed by atoms with Crippen molar-refractivity contribution in [1.29, 1.82) is 0 Å². The second-order valence-electron chi connectivity index (χ2n) is 10.1. The summed E-state index contributed by atoms with van der Waals surface area (Å²) >= 11 is 0. The maximum absolute atomic E-state index is 13.8. The summed E-state index contributed by atoms with van der Waals surface area (Å²) < 4.78 is 33.4. The van der Waals surface area contributed by atoms with Crippen molar-refractivity contribution in [3.8, 4) is 0 Å². The maximum Gasteiger partial charge on any atom is 0.329 e. The van der Waals surface area contributed by atoms with Crippen molar-refractivity contribution in [1.82, 2.24) is 16.0 Å². The highest BCUT2D eigenvalue weighted by atomic mass is 19.1. The topological polar surface area (TPSA) is 126 Å². The van der Waals surface area contributed by atoms with Crippen LogP contribution in [0.25, 0.3) is 0 Å². The monoisotopic (exact) mass is 562 g/mol. The molecule has 0 radical (unpaired) electrons. The van der Waals surface area contributed by atoms with Gasteiger partial charge in [0, 0.05) is 32.2 Å². The lowest BCUT2D eigenvalue weighted by atomic mass is 10.0. The number of aryl methyl sites for hydroxylation is 1. The summed E-state index contributed by atoms with van der Waals surface area (Å²) in [5, 5.41) is 18.5. The zero-order valence-electron chi connectivity index (χ0n) is 23.7. The number of unbranched alkanes of at least 4 members (excludes halogenated alkanes) is 1. The zero-order chi connectivity index (χ0) is 29.5. The Kier molecular flexibility index (Phi) is 14.6. The molecule has 2 aromatic carbocycles. The highest BCUT2D eigenvalue weighted by Gasteiger charge is 2.29. The van der Waals surface area contributed by atoms with Crippen LogP contribution in [0.3, 0.4) is 0 Å². The van der Waals surface area contributed by atoms with Crippen LogP contribution in [-0.4, -0.2) is 55.0 Å². The molecule has 0 aliphatic carbocycles. The normalized spacial score (nSPS) is 14.2. The number of amides is 2. The molecule has 2 amide bonds. The predicted octanol–water partition coefficient (Wildman–Crippen LogP) is 3.73. The molecule has 8 nitrogen and oxygen atoms in total. The number of esters is 1.